The van der Waals surface area contributed by atoms with E-state index < -0.39 is 35.5 Å². The lowest BCUT2D eigenvalue weighted by molar-refractivity contribution is -0.133. The zero-order chi connectivity index (χ0) is 39.1. The average molecular weight is 734 g/mol. The summed E-state index contributed by atoms with van der Waals surface area (Å²) in [4.78, 5) is 71.1. The van der Waals surface area contributed by atoms with E-state index in [-0.39, 0.29) is 42.1 Å². The molecule has 6 rings (SSSR count). The molecule has 2 aliphatic rings. The Bertz CT molecular complexity index is 2130. The van der Waals surface area contributed by atoms with E-state index in [9.17, 15) is 24.0 Å². The molecule has 1 fully saturated rings. The van der Waals surface area contributed by atoms with Crippen LogP contribution >= 0.6 is 0 Å². The Kier molecular flexibility index (Phi) is 10.7. The maximum atomic E-state index is 14.8. The molecule has 1 heterocycles. The second-order valence-corrected chi connectivity index (χ2v) is 15.6. The van der Waals surface area contributed by atoms with Gasteiger partial charge in [0, 0.05) is 29.0 Å². The van der Waals surface area contributed by atoms with Gasteiger partial charge in [-0.3, -0.25) is 29.0 Å². The summed E-state index contributed by atoms with van der Waals surface area (Å²) in [6.45, 7) is 13.2. The smallest absolute Gasteiger partial charge is 0.415 e. The van der Waals surface area contributed by atoms with Crippen LogP contribution in [0.25, 0.3) is 10.8 Å². The molecule has 4 aromatic rings. The number of anilines is 1. The summed E-state index contributed by atoms with van der Waals surface area (Å²) >= 11 is 0. The number of rotatable bonds is 11. The number of carbonyl (C=O) groups is 5. The van der Waals surface area contributed by atoms with Gasteiger partial charge in [0.05, 0.1) is 17.6 Å². The van der Waals surface area contributed by atoms with Crippen LogP contribution in [0.1, 0.15) is 93.7 Å². The minimum Gasteiger partial charge on any atom is -0.470 e. The summed E-state index contributed by atoms with van der Waals surface area (Å²) in [5, 5.41) is 5.45. The fraction of sp³-hybridized carbons (Fsp3) is 0.395. The first kappa shape index (κ1) is 38.3. The van der Waals surface area contributed by atoms with Crippen LogP contribution in [0.3, 0.4) is 0 Å². The summed E-state index contributed by atoms with van der Waals surface area (Å²) in [6, 6.07) is 14.1. The molecule has 54 heavy (non-hydrogen) atoms. The highest BCUT2D eigenvalue weighted by molar-refractivity contribution is 6.19. The van der Waals surface area contributed by atoms with E-state index in [0.717, 1.165) is 11.8 Å². The third-order valence-electron chi connectivity index (χ3n) is 10.7. The zero-order valence-electron chi connectivity index (χ0n) is 31.9. The van der Waals surface area contributed by atoms with Crippen LogP contribution in [-0.4, -0.2) is 66.5 Å². The maximum absolute atomic E-state index is 14.8. The summed E-state index contributed by atoms with van der Waals surface area (Å²) in [5.41, 5.74) is 2.85. The maximum Gasteiger partial charge on any atom is 0.415 e. The van der Waals surface area contributed by atoms with Crippen molar-refractivity contribution in [3.8, 4) is 5.88 Å². The quantitative estimate of drug-likeness (QED) is 0.0855. The highest BCUT2D eigenvalue weighted by Crippen LogP contribution is 2.51. The van der Waals surface area contributed by atoms with Crippen molar-refractivity contribution in [1.82, 2.24) is 10.1 Å². The van der Waals surface area contributed by atoms with Gasteiger partial charge in [0.25, 0.3) is 5.88 Å². The average Bonchev–Trinajstić information content (AvgIpc) is 3.53. The molecule has 5 unspecified atom stereocenters. The lowest BCUT2D eigenvalue weighted by Gasteiger charge is -2.45. The number of ether oxygens (including phenoxy) is 2. The van der Waals surface area contributed by atoms with Gasteiger partial charge in [0.1, 0.15) is 29.8 Å². The van der Waals surface area contributed by atoms with Gasteiger partial charge in [-0.2, -0.15) is 0 Å². The van der Waals surface area contributed by atoms with Crippen molar-refractivity contribution in [2.24, 2.45) is 23.7 Å². The first-order chi connectivity index (χ1) is 25.7. The third-order valence-corrected chi connectivity index (χ3v) is 10.7. The molecule has 0 N–H and O–H groups in total. The molecule has 0 saturated heterocycles. The van der Waals surface area contributed by atoms with Crippen molar-refractivity contribution in [1.29, 1.82) is 0 Å². The Balaban J connectivity index is 1.45. The number of carbonyl (C=O) groups excluding carboxylic acids is 5. The minimum atomic E-state index is -0.913. The van der Waals surface area contributed by atoms with E-state index in [0.29, 0.717) is 63.6 Å². The van der Waals surface area contributed by atoms with Gasteiger partial charge in [-0.05, 0) is 99.8 Å². The van der Waals surface area contributed by atoms with Crippen molar-refractivity contribution in [2.75, 3.05) is 25.5 Å². The second-order valence-electron chi connectivity index (χ2n) is 15.6. The van der Waals surface area contributed by atoms with E-state index in [1.54, 1.807) is 45.0 Å². The molecule has 1 saturated carbocycles. The van der Waals surface area contributed by atoms with Crippen LogP contribution in [0.4, 0.5) is 10.5 Å². The molecule has 0 spiro atoms. The van der Waals surface area contributed by atoms with E-state index >= 15 is 0 Å². The van der Waals surface area contributed by atoms with Crippen molar-refractivity contribution < 1.29 is 38.0 Å². The van der Waals surface area contributed by atoms with E-state index in [1.165, 1.54) is 4.90 Å². The van der Waals surface area contributed by atoms with Gasteiger partial charge in [-0.15, -0.1) is 6.58 Å². The Labute approximate surface area is 315 Å². The van der Waals surface area contributed by atoms with Crippen LogP contribution in [0.15, 0.2) is 65.7 Å². The Morgan fingerprint density at radius 3 is 2.43 bits per heavy atom. The molecule has 2 aliphatic carbocycles. The number of nitrogens with zero attached hydrogens (tertiary/aromatic N) is 3. The number of fused-ring (bicyclic) bond motifs is 3. The third kappa shape index (κ3) is 7.00. The molecule has 0 aliphatic heterocycles. The van der Waals surface area contributed by atoms with Gasteiger partial charge in [-0.1, -0.05) is 55.5 Å². The Morgan fingerprint density at radius 2 is 1.80 bits per heavy atom. The molecule has 3 aromatic carbocycles. The number of Topliss-reactive ketones (excluding diaryl/α,β-unsaturated/α-hetero) is 2. The van der Waals surface area contributed by atoms with Crippen molar-refractivity contribution in [3.05, 3.63) is 100 Å². The number of aromatic nitrogens is 1. The topological polar surface area (TPSA) is 136 Å². The van der Waals surface area contributed by atoms with Gasteiger partial charge in [0.2, 0.25) is 0 Å². The van der Waals surface area contributed by atoms with Crippen molar-refractivity contribution >= 4 is 46.7 Å². The fourth-order valence-electron chi connectivity index (χ4n) is 8.38. The van der Waals surface area contributed by atoms with Crippen LogP contribution in [0, 0.1) is 30.6 Å². The standard InChI is InChI=1S/C43H47N3O8/c1-9-17-46(42(51)53-43(4,5)6)36-29-16-15-27(21-47)18-30(29)24(2)34-32(36)20-28-19-31(25(3)38(49)35(28)39(34)50)37(45(7)8)40-33(22-48)41(44-54-40)52-23-26-13-11-10-12-14-26/h9-16,18,21-22,25,28,31,35,37H,1,17,19-20,23H2,2-8H3. The summed E-state index contributed by atoms with van der Waals surface area (Å²) in [5.74, 6) is -2.42. The predicted molar refractivity (Wildman–Crippen MR) is 204 cm³/mol. The number of benzene rings is 3. The van der Waals surface area contributed by atoms with Crippen LogP contribution < -0.4 is 9.64 Å². The molecular weight excluding hydrogens is 686 g/mol. The first-order valence-corrected chi connectivity index (χ1v) is 18.2. The molecule has 0 radical (unpaired) electrons. The Hall–Kier alpha value is -5.42. The molecular formula is C43H47N3O8. The molecule has 282 valence electrons. The molecule has 0 bridgehead atoms. The van der Waals surface area contributed by atoms with Crippen LogP contribution in [0.5, 0.6) is 5.88 Å². The van der Waals surface area contributed by atoms with Crippen LogP contribution in [0.2, 0.25) is 0 Å². The number of aldehydes is 2. The normalized spacial score (nSPS) is 20.2. The Morgan fingerprint density at radius 1 is 1.07 bits per heavy atom. The van der Waals surface area contributed by atoms with E-state index in [4.69, 9.17) is 14.0 Å². The zero-order valence-corrected chi connectivity index (χ0v) is 31.9. The van der Waals surface area contributed by atoms with Crippen molar-refractivity contribution in [2.45, 2.75) is 65.7 Å². The number of hydrogen-bond acceptors (Lipinski definition) is 10. The largest absolute Gasteiger partial charge is 0.470 e. The molecule has 5 atom stereocenters. The van der Waals surface area contributed by atoms with Gasteiger partial charge >= 0.3 is 6.09 Å². The predicted octanol–water partition coefficient (Wildman–Crippen LogP) is 7.77. The SMILES string of the molecule is C=CCN(C(=O)OC(C)(C)C)c1c2c(c(C)c3cc(C=O)ccc13)C(=O)C1C(=O)C(C)C(C(c3onc(OCc4ccccc4)c3C=O)N(C)C)CC1C2. The van der Waals surface area contributed by atoms with Gasteiger partial charge < -0.3 is 14.0 Å². The molecule has 11 nitrogen and oxygen atoms in total. The van der Waals surface area contributed by atoms with E-state index in [2.05, 4.69) is 11.7 Å². The monoisotopic (exact) mass is 733 g/mol. The lowest BCUT2D eigenvalue weighted by atomic mass is 9.59. The summed E-state index contributed by atoms with van der Waals surface area (Å²) < 4.78 is 17.6. The van der Waals surface area contributed by atoms with Crippen molar-refractivity contribution in [3.63, 3.8) is 0 Å². The van der Waals surface area contributed by atoms with Crippen LogP contribution in [-0.2, 0) is 22.6 Å². The molecule has 1 amide bonds. The molecule has 1 aromatic heterocycles. The van der Waals surface area contributed by atoms with E-state index in [1.807, 2.05) is 63.2 Å². The first-order valence-electron chi connectivity index (χ1n) is 18.2. The summed E-state index contributed by atoms with van der Waals surface area (Å²) in [6.07, 6.45) is 3.16. The van der Waals surface area contributed by atoms with Gasteiger partial charge in [0.15, 0.2) is 17.8 Å². The number of ketones is 2. The highest BCUT2D eigenvalue weighted by atomic mass is 16.6. The second kappa shape index (κ2) is 15.1. The fourth-order valence-corrected chi connectivity index (χ4v) is 8.38. The highest BCUT2D eigenvalue weighted by Gasteiger charge is 2.52. The number of hydrogen-bond donors (Lipinski definition) is 0. The summed E-state index contributed by atoms with van der Waals surface area (Å²) in [7, 11) is 3.71. The minimum absolute atomic E-state index is 0.0688. The molecule has 11 heteroatoms. The number of amides is 1. The lowest BCUT2D eigenvalue weighted by Crippen LogP contribution is -2.50. The van der Waals surface area contributed by atoms with Gasteiger partial charge in [-0.25, -0.2) is 4.79 Å². The number of aryl methyl sites for hydroxylation is 1.